The summed E-state index contributed by atoms with van der Waals surface area (Å²) in [6, 6.07) is 19.5. The van der Waals surface area contributed by atoms with E-state index in [1.165, 1.54) is 0 Å². The van der Waals surface area contributed by atoms with Gasteiger partial charge in [0.15, 0.2) is 11.0 Å². The Kier molecular flexibility index (Phi) is 7.59. The van der Waals surface area contributed by atoms with Crippen LogP contribution in [0.25, 0.3) is 17.1 Å². The first-order valence-corrected chi connectivity index (χ1v) is 12.1. The van der Waals surface area contributed by atoms with Gasteiger partial charge in [0.1, 0.15) is 5.75 Å². The Labute approximate surface area is 203 Å². The van der Waals surface area contributed by atoms with Gasteiger partial charge >= 0.3 is 0 Å². The molecular weight excluding hydrogens is 446 g/mol. The first kappa shape index (κ1) is 23.5. The second kappa shape index (κ2) is 11.0. The van der Waals surface area contributed by atoms with Crippen LogP contribution in [0, 0.1) is 0 Å². The van der Waals surface area contributed by atoms with Crippen LogP contribution in [0.4, 0.5) is 0 Å². The topological polar surface area (TPSA) is 81.9 Å². The van der Waals surface area contributed by atoms with Crippen LogP contribution in [0.1, 0.15) is 36.2 Å². The van der Waals surface area contributed by atoms with Gasteiger partial charge in [0.2, 0.25) is 0 Å². The maximum absolute atomic E-state index is 12.3. The molecule has 0 spiro atoms. The Morgan fingerprint density at radius 3 is 2.38 bits per heavy atom. The lowest BCUT2D eigenvalue weighted by molar-refractivity contribution is 0.0939. The first-order valence-electron chi connectivity index (χ1n) is 11.1. The number of methoxy groups -OCH3 is 1. The zero-order valence-corrected chi connectivity index (χ0v) is 20.2. The van der Waals surface area contributed by atoms with E-state index in [1.807, 2.05) is 72.2 Å². The fourth-order valence-corrected chi connectivity index (χ4v) is 4.23. The van der Waals surface area contributed by atoms with Crippen LogP contribution >= 0.6 is 11.8 Å². The smallest absolute Gasteiger partial charge is 0.251 e. The summed E-state index contributed by atoms with van der Waals surface area (Å²) in [4.78, 5) is 16.4. The molecule has 0 saturated heterocycles. The number of pyridine rings is 1. The van der Waals surface area contributed by atoms with Crippen LogP contribution < -0.4 is 10.1 Å². The molecule has 0 aliphatic heterocycles. The number of aromatic nitrogens is 4. The second-order valence-electron chi connectivity index (χ2n) is 7.84. The largest absolute Gasteiger partial charge is 0.497 e. The highest BCUT2D eigenvalue weighted by atomic mass is 32.2. The summed E-state index contributed by atoms with van der Waals surface area (Å²) in [6.45, 7) is 4.05. The summed E-state index contributed by atoms with van der Waals surface area (Å²) in [5.74, 6) is 2.17. The molecule has 7 nitrogen and oxygen atoms in total. The predicted molar refractivity (Wildman–Crippen MR) is 134 cm³/mol. The highest BCUT2D eigenvalue weighted by molar-refractivity contribution is 7.98. The van der Waals surface area contributed by atoms with Gasteiger partial charge in [-0.1, -0.05) is 30.8 Å². The number of amides is 1. The SMILES string of the molecule is CC[C@@H](C)NC(=O)c1ccc(CSc2nnc(-c3ccncc3)n2-c2ccc(OC)cc2)cc1. The van der Waals surface area contributed by atoms with Crippen LogP contribution in [-0.2, 0) is 5.75 Å². The molecule has 0 radical (unpaired) electrons. The number of carbonyl (C=O) groups excluding carboxylic acids is 1. The van der Waals surface area contributed by atoms with Gasteiger partial charge in [-0.3, -0.25) is 14.3 Å². The number of ether oxygens (including phenoxy) is 1. The van der Waals surface area contributed by atoms with Crippen molar-refractivity contribution in [3.63, 3.8) is 0 Å². The average Bonchev–Trinajstić information content (AvgIpc) is 3.32. The molecule has 0 unspecified atom stereocenters. The molecule has 0 fully saturated rings. The fourth-order valence-electron chi connectivity index (χ4n) is 3.32. The molecule has 0 aliphatic rings. The maximum atomic E-state index is 12.3. The molecule has 4 aromatic rings. The molecule has 34 heavy (non-hydrogen) atoms. The van der Waals surface area contributed by atoms with Crippen molar-refractivity contribution in [2.75, 3.05) is 7.11 Å². The Balaban J connectivity index is 1.56. The van der Waals surface area contributed by atoms with Crippen LogP contribution in [0.15, 0.2) is 78.2 Å². The van der Waals surface area contributed by atoms with Crippen LogP contribution in [0.5, 0.6) is 5.75 Å². The van der Waals surface area contributed by atoms with Crippen LogP contribution in [-0.4, -0.2) is 38.8 Å². The van der Waals surface area contributed by atoms with Crippen molar-refractivity contribution in [1.82, 2.24) is 25.1 Å². The quantitative estimate of drug-likeness (QED) is 0.338. The van der Waals surface area contributed by atoms with E-state index in [-0.39, 0.29) is 11.9 Å². The van der Waals surface area contributed by atoms with E-state index in [2.05, 4.69) is 27.4 Å². The molecule has 0 bridgehead atoms. The molecule has 1 N–H and O–H groups in total. The minimum atomic E-state index is -0.0465. The number of rotatable bonds is 9. The number of benzene rings is 2. The Morgan fingerprint density at radius 2 is 1.74 bits per heavy atom. The first-order chi connectivity index (χ1) is 16.6. The second-order valence-corrected chi connectivity index (χ2v) is 8.79. The fraction of sp³-hybridized carbons (Fsp3) is 0.231. The molecule has 1 amide bonds. The van der Waals surface area contributed by atoms with Gasteiger partial charge in [0.25, 0.3) is 5.91 Å². The third kappa shape index (κ3) is 5.46. The lowest BCUT2D eigenvalue weighted by Gasteiger charge is -2.12. The van der Waals surface area contributed by atoms with E-state index >= 15 is 0 Å². The molecule has 2 aromatic carbocycles. The molecule has 4 rings (SSSR count). The third-order valence-corrected chi connectivity index (χ3v) is 6.48. The number of hydrogen-bond acceptors (Lipinski definition) is 6. The lowest BCUT2D eigenvalue weighted by atomic mass is 10.1. The maximum Gasteiger partial charge on any atom is 0.251 e. The molecule has 174 valence electrons. The third-order valence-electron chi connectivity index (χ3n) is 5.48. The van der Waals surface area contributed by atoms with Gasteiger partial charge in [0, 0.05) is 41.0 Å². The summed E-state index contributed by atoms with van der Waals surface area (Å²) in [7, 11) is 1.65. The van der Waals surface area contributed by atoms with E-state index in [4.69, 9.17) is 4.74 Å². The number of thioether (sulfide) groups is 1. The van der Waals surface area contributed by atoms with E-state index < -0.39 is 0 Å². The van der Waals surface area contributed by atoms with Crippen molar-refractivity contribution >= 4 is 17.7 Å². The van der Waals surface area contributed by atoms with Gasteiger partial charge in [-0.25, -0.2) is 0 Å². The van der Waals surface area contributed by atoms with Gasteiger partial charge in [0.05, 0.1) is 7.11 Å². The summed E-state index contributed by atoms with van der Waals surface area (Å²) >= 11 is 1.59. The van der Waals surface area contributed by atoms with Crippen LogP contribution in [0.2, 0.25) is 0 Å². The molecule has 8 heteroatoms. The average molecular weight is 474 g/mol. The zero-order chi connectivity index (χ0) is 23.9. The number of nitrogens with one attached hydrogen (secondary N) is 1. The van der Waals surface area contributed by atoms with Crippen molar-refractivity contribution in [2.45, 2.75) is 37.2 Å². The minimum Gasteiger partial charge on any atom is -0.497 e. The van der Waals surface area contributed by atoms with Gasteiger partial charge in [-0.2, -0.15) is 0 Å². The Morgan fingerprint density at radius 1 is 1.03 bits per heavy atom. The van der Waals surface area contributed by atoms with Crippen molar-refractivity contribution in [3.05, 3.63) is 84.2 Å². The summed E-state index contributed by atoms with van der Waals surface area (Å²) in [5.41, 5.74) is 3.63. The lowest BCUT2D eigenvalue weighted by Crippen LogP contribution is -2.31. The van der Waals surface area contributed by atoms with Crippen molar-refractivity contribution in [1.29, 1.82) is 0 Å². The molecule has 2 aromatic heterocycles. The predicted octanol–water partition coefficient (Wildman–Crippen LogP) is 5.16. The Bertz CT molecular complexity index is 1220. The molecule has 0 saturated carbocycles. The van der Waals surface area contributed by atoms with E-state index in [0.29, 0.717) is 11.3 Å². The number of hydrogen-bond donors (Lipinski definition) is 1. The van der Waals surface area contributed by atoms with Gasteiger partial charge < -0.3 is 10.1 Å². The molecule has 1 atom stereocenters. The monoisotopic (exact) mass is 473 g/mol. The molecule has 0 aliphatic carbocycles. The van der Waals surface area contributed by atoms with E-state index in [9.17, 15) is 4.79 Å². The minimum absolute atomic E-state index is 0.0465. The summed E-state index contributed by atoms with van der Waals surface area (Å²) < 4.78 is 7.34. The zero-order valence-electron chi connectivity index (χ0n) is 19.4. The molecule has 2 heterocycles. The Hall–Kier alpha value is -3.65. The van der Waals surface area contributed by atoms with E-state index in [1.54, 1.807) is 31.3 Å². The normalized spacial score (nSPS) is 11.7. The molecular formula is C26H27N5O2S. The van der Waals surface area contributed by atoms with Gasteiger partial charge in [-0.05, 0) is 67.4 Å². The number of nitrogens with zero attached hydrogens (tertiary/aromatic N) is 4. The summed E-state index contributed by atoms with van der Waals surface area (Å²) in [6.07, 6.45) is 4.39. The highest BCUT2D eigenvalue weighted by Crippen LogP contribution is 2.30. The number of carbonyl (C=O) groups is 1. The van der Waals surface area contributed by atoms with Gasteiger partial charge in [-0.15, -0.1) is 10.2 Å². The summed E-state index contributed by atoms with van der Waals surface area (Å²) in [5, 5.41) is 12.7. The van der Waals surface area contributed by atoms with Crippen molar-refractivity contribution < 1.29 is 9.53 Å². The standard InChI is InChI=1S/C26H27N5O2S/c1-4-18(2)28-25(32)21-7-5-19(6-8-21)17-34-26-30-29-24(20-13-15-27-16-14-20)31(26)22-9-11-23(33-3)12-10-22/h5-16,18H,4,17H2,1-3H3,(H,28,32)/t18-/m1/s1. The van der Waals surface area contributed by atoms with Crippen LogP contribution in [0.3, 0.4) is 0 Å². The highest BCUT2D eigenvalue weighted by Gasteiger charge is 2.17. The van der Waals surface area contributed by atoms with Crippen molar-refractivity contribution in [3.8, 4) is 22.8 Å². The van der Waals surface area contributed by atoms with Crippen molar-refractivity contribution in [2.24, 2.45) is 0 Å². The van der Waals surface area contributed by atoms with E-state index in [0.717, 1.165) is 40.0 Å².